The number of pyridine rings is 1. The molecule has 0 N–H and O–H groups in total. The Morgan fingerprint density at radius 3 is 2.82 bits per heavy atom. The molecule has 1 fully saturated rings. The second kappa shape index (κ2) is 6.75. The molecule has 0 unspecified atom stereocenters. The van der Waals surface area contributed by atoms with Crippen molar-refractivity contribution in [3.8, 4) is 11.5 Å². The quantitative estimate of drug-likeness (QED) is 0.850. The fourth-order valence-corrected chi connectivity index (χ4v) is 2.71. The van der Waals surface area contributed by atoms with Crippen molar-refractivity contribution in [2.24, 2.45) is 0 Å². The lowest BCUT2D eigenvalue weighted by Crippen LogP contribution is -2.24. The van der Waals surface area contributed by atoms with Crippen LogP contribution in [0.3, 0.4) is 0 Å². The number of rotatable bonds is 5. The van der Waals surface area contributed by atoms with Gasteiger partial charge in [-0.25, -0.2) is 4.39 Å². The van der Waals surface area contributed by atoms with E-state index in [0.717, 1.165) is 37.4 Å². The zero-order chi connectivity index (χ0) is 15.4. The average Bonchev–Trinajstić information content (AvgIpc) is 2.95. The van der Waals surface area contributed by atoms with E-state index in [9.17, 15) is 4.39 Å². The molecule has 0 radical (unpaired) electrons. The zero-order valence-electron chi connectivity index (χ0n) is 12.5. The molecule has 1 aromatic carbocycles. The molecule has 22 heavy (non-hydrogen) atoms. The summed E-state index contributed by atoms with van der Waals surface area (Å²) in [5, 5.41) is 0. The number of hydrogen-bond donors (Lipinski definition) is 0. The predicted octanol–water partition coefficient (Wildman–Crippen LogP) is 2.88. The van der Waals surface area contributed by atoms with Crippen LogP contribution in [-0.2, 0) is 6.54 Å². The lowest BCUT2D eigenvalue weighted by Gasteiger charge is -2.17. The highest BCUT2D eigenvalue weighted by molar-refractivity contribution is 5.29. The number of likely N-dealkylation sites (tertiary alicyclic amines) is 1. The van der Waals surface area contributed by atoms with E-state index in [-0.39, 0.29) is 17.7 Å². The zero-order valence-corrected chi connectivity index (χ0v) is 12.5. The lowest BCUT2D eigenvalue weighted by molar-refractivity contribution is 0.198. The van der Waals surface area contributed by atoms with E-state index < -0.39 is 0 Å². The Labute approximate surface area is 129 Å². The topological polar surface area (TPSA) is 34.6 Å². The van der Waals surface area contributed by atoms with Crippen molar-refractivity contribution in [2.45, 2.75) is 19.1 Å². The first-order valence-electron chi connectivity index (χ1n) is 7.36. The van der Waals surface area contributed by atoms with Gasteiger partial charge >= 0.3 is 0 Å². The van der Waals surface area contributed by atoms with Crippen LogP contribution in [0, 0.1) is 5.82 Å². The van der Waals surface area contributed by atoms with Crippen molar-refractivity contribution in [1.29, 1.82) is 0 Å². The molecule has 1 saturated heterocycles. The smallest absolute Gasteiger partial charge is 0.165 e. The monoisotopic (exact) mass is 302 g/mol. The highest BCUT2D eigenvalue weighted by atomic mass is 19.1. The minimum atomic E-state index is -0.316. The molecule has 4 nitrogen and oxygen atoms in total. The largest absolute Gasteiger partial charge is 0.494 e. The summed E-state index contributed by atoms with van der Waals surface area (Å²) in [5.41, 5.74) is 0.947. The van der Waals surface area contributed by atoms with Gasteiger partial charge in [-0.05, 0) is 36.2 Å². The van der Waals surface area contributed by atoms with Crippen LogP contribution in [0.4, 0.5) is 4.39 Å². The molecule has 3 rings (SSSR count). The SMILES string of the molecule is COc1ccc(CN2CC[C@H](Oc3ccncc3)C2)cc1F. The number of ether oxygens (including phenoxy) is 2. The number of benzene rings is 1. The van der Waals surface area contributed by atoms with Gasteiger partial charge in [-0.15, -0.1) is 0 Å². The van der Waals surface area contributed by atoms with Crippen LogP contribution in [0.25, 0.3) is 0 Å². The van der Waals surface area contributed by atoms with E-state index in [1.54, 1.807) is 18.5 Å². The third-order valence-corrected chi connectivity index (χ3v) is 3.80. The van der Waals surface area contributed by atoms with Gasteiger partial charge in [0.25, 0.3) is 0 Å². The second-order valence-electron chi connectivity index (χ2n) is 5.42. The standard InChI is InChI=1S/C17H19FN2O2/c1-21-17-3-2-13(10-16(17)18)11-20-9-6-15(12-20)22-14-4-7-19-8-5-14/h2-5,7-8,10,15H,6,9,11-12H2,1H3/t15-/m0/s1. The van der Waals surface area contributed by atoms with E-state index in [0.29, 0.717) is 0 Å². The van der Waals surface area contributed by atoms with Crippen LogP contribution in [0.15, 0.2) is 42.7 Å². The maximum Gasteiger partial charge on any atom is 0.165 e. The molecule has 116 valence electrons. The van der Waals surface area contributed by atoms with E-state index in [1.165, 1.54) is 13.2 Å². The van der Waals surface area contributed by atoms with Crippen LogP contribution >= 0.6 is 0 Å². The Morgan fingerprint density at radius 2 is 2.09 bits per heavy atom. The van der Waals surface area contributed by atoms with Crippen molar-refractivity contribution in [3.63, 3.8) is 0 Å². The van der Waals surface area contributed by atoms with E-state index in [1.807, 2.05) is 18.2 Å². The molecule has 0 spiro atoms. The third-order valence-electron chi connectivity index (χ3n) is 3.80. The van der Waals surface area contributed by atoms with Crippen LogP contribution in [0.2, 0.25) is 0 Å². The van der Waals surface area contributed by atoms with Crippen LogP contribution in [0.1, 0.15) is 12.0 Å². The number of hydrogen-bond acceptors (Lipinski definition) is 4. The Balaban J connectivity index is 1.56. The average molecular weight is 302 g/mol. The maximum atomic E-state index is 13.7. The highest BCUT2D eigenvalue weighted by Gasteiger charge is 2.24. The summed E-state index contributed by atoms with van der Waals surface area (Å²) in [4.78, 5) is 6.25. The molecule has 2 heterocycles. The van der Waals surface area contributed by atoms with Crippen LogP contribution in [-0.4, -0.2) is 36.2 Å². The van der Waals surface area contributed by atoms with Crippen LogP contribution in [0.5, 0.6) is 11.5 Å². The fourth-order valence-electron chi connectivity index (χ4n) is 2.71. The highest BCUT2D eigenvalue weighted by Crippen LogP contribution is 2.22. The lowest BCUT2D eigenvalue weighted by atomic mass is 10.2. The molecule has 0 amide bonds. The van der Waals surface area contributed by atoms with Crippen molar-refractivity contribution < 1.29 is 13.9 Å². The van der Waals surface area contributed by atoms with Gasteiger partial charge in [0.2, 0.25) is 0 Å². The van der Waals surface area contributed by atoms with Gasteiger partial charge < -0.3 is 9.47 Å². The van der Waals surface area contributed by atoms with Crippen LogP contribution < -0.4 is 9.47 Å². The first kappa shape index (κ1) is 14.8. The Kier molecular flexibility index (Phi) is 4.53. The number of aromatic nitrogens is 1. The summed E-state index contributed by atoms with van der Waals surface area (Å²) in [6.45, 7) is 2.51. The molecule has 1 atom stereocenters. The summed E-state index contributed by atoms with van der Waals surface area (Å²) >= 11 is 0. The van der Waals surface area contributed by atoms with Crippen molar-refractivity contribution in [2.75, 3.05) is 20.2 Å². The number of methoxy groups -OCH3 is 1. The van der Waals surface area contributed by atoms with Gasteiger partial charge in [-0.2, -0.15) is 0 Å². The Morgan fingerprint density at radius 1 is 1.27 bits per heavy atom. The summed E-state index contributed by atoms with van der Waals surface area (Å²) in [7, 11) is 1.47. The molecule has 2 aromatic rings. The molecule has 1 aliphatic rings. The van der Waals surface area contributed by atoms with Gasteiger partial charge in [0.15, 0.2) is 11.6 Å². The third kappa shape index (κ3) is 3.54. The number of halogens is 1. The first-order chi connectivity index (χ1) is 10.7. The summed E-state index contributed by atoms with van der Waals surface area (Å²) in [6.07, 6.45) is 4.59. The Bertz CT molecular complexity index is 621. The molecule has 0 bridgehead atoms. The van der Waals surface area contributed by atoms with Gasteiger partial charge in [0, 0.05) is 32.0 Å². The van der Waals surface area contributed by atoms with E-state index >= 15 is 0 Å². The summed E-state index contributed by atoms with van der Waals surface area (Å²) in [6, 6.07) is 8.84. The molecule has 5 heteroatoms. The van der Waals surface area contributed by atoms with Gasteiger partial charge in [0.1, 0.15) is 11.9 Å². The van der Waals surface area contributed by atoms with Crippen molar-refractivity contribution >= 4 is 0 Å². The van der Waals surface area contributed by atoms with Crippen molar-refractivity contribution in [3.05, 3.63) is 54.1 Å². The maximum absolute atomic E-state index is 13.7. The molecule has 0 saturated carbocycles. The number of nitrogens with zero attached hydrogens (tertiary/aromatic N) is 2. The Hall–Kier alpha value is -2.14. The molecular weight excluding hydrogens is 283 g/mol. The second-order valence-corrected chi connectivity index (χ2v) is 5.42. The van der Waals surface area contributed by atoms with Gasteiger partial charge in [-0.3, -0.25) is 9.88 Å². The molecule has 1 aromatic heterocycles. The molecule has 0 aliphatic carbocycles. The minimum Gasteiger partial charge on any atom is -0.494 e. The van der Waals surface area contributed by atoms with E-state index in [2.05, 4.69) is 9.88 Å². The van der Waals surface area contributed by atoms with E-state index in [4.69, 9.17) is 9.47 Å². The molecule has 1 aliphatic heterocycles. The normalized spacial score (nSPS) is 18.4. The predicted molar refractivity (Wildman–Crippen MR) is 81.5 cm³/mol. The van der Waals surface area contributed by atoms with Crippen molar-refractivity contribution in [1.82, 2.24) is 9.88 Å². The molecular formula is C17H19FN2O2. The fraction of sp³-hybridized carbons (Fsp3) is 0.353. The first-order valence-corrected chi connectivity index (χ1v) is 7.36. The van der Waals surface area contributed by atoms with Gasteiger partial charge in [0.05, 0.1) is 7.11 Å². The minimum absolute atomic E-state index is 0.172. The summed E-state index contributed by atoms with van der Waals surface area (Å²) in [5.74, 6) is 0.810. The van der Waals surface area contributed by atoms with Gasteiger partial charge in [-0.1, -0.05) is 6.07 Å². The summed E-state index contributed by atoms with van der Waals surface area (Å²) < 4.78 is 24.6.